The Hall–Kier alpha value is -3.45. The van der Waals surface area contributed by atoms with Crippen molar-refractivity contribution in [3.8, 4) is 0 Å². The molecule has 3 aromatic rings. The lowest BCUT2D eigenvalue weighted by molar-refractivity contribution is -0.144. The minimum atomic E-state index is -0.329. The topological polar surface area (TPSA) is 63.0 Å². The highest BCUT2D eigenvalue weighted by Crippen LogP contribution is 2.27. The highest BCUT2D eigenvalue weighted by Gasteiger charge is 2.35. The van der Waals surface area contributed by atoms with Crippen LogP contribution in [0.15, 0.2) is 71.1 Å². The summed E-state index contributed by atoms with van der Waals surface area (Å²) >= 11 is 0. The van der Waals surface area contributed by atoms with Gasteiger partial charge in [-0.05, 0) is 55.2 Å². The van der Waals surface area contributed by atoms with Gasteiger partial charge in [-0.25, -0.2) is 4.39 Å². The average molecular weight is 465 g/mol. The minimum Gasteiger partial charge on any atom is -0.464 e. The van der Waals surface area contributed by atoms with Gasteiger partial charge in [-0.2, -0.15) is 0 Å². The highest BCUT2D eigenvalue weighted by molar-refractivity contribution is 5.86. The van der Waals surface area contributed by atoms with Crippen LogP contribution < -0.4 is 0 Å². The fourth-order valence-electron chi connectivity index (χ4n) is 3.77. The molecule has 1 heterocycles. The lowest BCUT2D eigenvalue weighted by atomic mass is 10.2. The summed E-state index contributed by atoms with van der Waals surface area (Å²) in [7, 11) is 0. The third-order valence-corrected chi connectivity index (χ3v) is 5.73. The summed E-state index contributed by atoms with van der Waals surface area (Å²) < 4.78 is 24.6. The van der Waals surface area contributed by atoms with Gasteiger partial charge in [0.05, 0.1) is 13.2 Å². The molecule has 0 N–H and O–H groups in total. The van der Waals surface area contributed by atoms with Crippen LogP contribution in [-0.2, 0) is 34.0 Å². The molecule has 178 valence electrons. The first-order chi connectivity index (χ1) is 16.5. The Morgan fingerprint density at radius 2 is 1.68 bits per heavy atom. The summed E-state index contributed by atoms with van der Waals surface area (Å²) in [5, 5.41) is 0. The van der Waals surface area contributed by atoms with Crippen LogP contribution >= 0.6 is 0 Å². The van der Waals surface area contributed by atoms with E-state index in [1.807, 2.05) is 49.4 Å². The third kappa shape index (κ3) is 6.78. The molecule has 4 rings (SSSR count). The Morgan fingerprint density at radius 3 is 2.32 bits per heavy atom. The zero-order valence-corrected chi connectivity index (χ0v) is 19.3. The van der Waals surface area contributed by atoms with Gasteiger partial charge in [-0.15, -0.1) is 0 Å². The first kappa shape index (κ1) is 23.7. The molecule has 34 heavy (non-hydrogen) atoms. The van der Waals surface area contributed by atoms with Gasteiger partial charge in [-0.3, -0.25) is 9.59 Å². The predicted molar refractivity (Wildman–Crippen MR) is 125 cm³/mol. The minimum absolute atomic E-state index is 0.0287. The second-order valence-corrected chi connectivity index (χ2v) is 8.62. The number of rotatable bonds is 11. The van der Waals surface area contributed by atoms with Gasteiger partial charge in [-0.1, -0.05) is 42.5 Å². The number of halogens is 1. The van der Waals surface area contributed by atoms with Crippen molar-refractivity contribution >= 4 is 11.8 Å². The monoisotopic (exact) mass is 464 g/mol. The maximum atomic E-state index is 13.3. The van der Waals surface area contributed by atoms with E-state index in [2.05, 4.69) is 0 Å². The van der Waals surface area contributed by atoms with Crippen LogP contribution in [0.2, 0.25) is 0 Å². The molecule has 1 aliphatic carbocycles. The number of carbonyl (C=O) groups is 2. The van der Waals surface area contributed by atoms with Gasteiger partial charge >= 0.3 is 0 Å². The van der Waals surface area contributed by atoms with Crippen molar-refractivity contribution in [1.82, 2.24) is 9.80 Å². The molecule has 1 aromatic heterocycles. The summed E-state index contributed by atoms with van der Waals surface area (Å²) in [6, 6.07) is 19.5. The van der Waals surface area contributed by atoms with Gasteiger partial charge in [0.2, 0.25) is 11.8 Å². The van der Waals surface area contributed by atoms with Crippen LogP contribution in [0.1, 0.15) is 35.5 Å². The van der Waals surface area contributed by atoms with Crippen molar-refractivity contribution < 1.29 is 23.1 Å². The molecule has 7 heteroatoms. The van der Waals surface area contributed by atoms with Crippen LogP contribution in [0.4, 0.5) is 4.39 Å². The molecule has 0 unspecified atom stereocenters. The number of carbonyl (C=O) groups excluding carboxylic acids is 2. The number of hydrogen-bond donors (Lipinski definition) is 0. The first-order valence-corrected chi connectivity index (χ1v) is 11.5. The van der Waals surface area contributed by atoms with Crippen molar-refractivity contribution in [3.05, 3.63) is 95.2 Å². The van der Waals surface area contributed by atoms with Crippen LogP contribution in [0.3, 0.4) is 0 Å². The Kier molecular flexibility index (Phi) is 7.75. The van der Waals surface area contributed by atoms with E-state index >= 15 is 0 Å². The van der Waals surface area contributed by atoms with Crippen molar-refractivity contribution in [2.75, 3.05) is 13.2 Å². The second kappa shape index (κ2) is 11.1. The molecule has 0 saturated heterocycles. The van der Waals surface area contributed by atoms with Gasteiger partial charge in [0.25, 0.3) is 0 Å². The van der Waals surface area contributed by atoms with E-state index in [1.165, 1.54) is 12.1 Å². The predicted octanol–water partition coefficient (Wildman–Crippen LogP) is 4.46. The molecule has 2 aromatic carbocycles. The largest absolute Gasteiger partial charge is 0.464 e. The molecule has 0 radical (unpaired) electrons. The van der Waals surface area contributed by atoms with Crippen molar-refractivity contribution in [1.29, 1.82) is 0 Å². The van der Waals surface area contributed by atoms with Crippen molar-refractivity contribution in [2.24, 2.45) is 0 Å². The standard InChI is InChI=1S/C27H29FN2O4/c1-20-7-14-25(34-20)16-29(15-21-8-10-23(28)11-9-21)26(31)17-30(24-12-13-24)27(32)19-33-18-22-5-3-2-4-6-22/h2-11,14,24H,12-13,15-19H2,1H3. The molecule has 6 nitrogen and oxygen atoms in total. The normalized spacial score (nSPS) is 13.0. The summed E-state index contributed by atoms with van der Waals surface area (Å²) in [5.74, 6) is 0.700. The van der Waals surface area contributed by atoms with Gasteiger partial charge in [0, 0.05) is 12.6 Å². The smallest absolute Gasteiger partial charge is 0.249 e. The van der Waals surface area contributed by atoms with Crippen LogP contribution in [0.25, 0.3) is 0 Å². The van der Waals surface area contributed by atoms with Crippen LogP contribution in [0, 0.1) is 12.7 Å². The molecular weight excluding hydrogens is 435 g/mol. The van der Waals surface area contributed by atoms with E-state index in [-0.39, 0.29) is 49.9 Å². The fourth-order valence-corrected chi connectivity index (χ4v) is 3.77. The van der Waals surface area contributed by atoms with E-state index < -0.39 is 0 Å². The van der Waals surface area contributed by atoms with Gasteiger partial charge < -0.3 is 19.0 Å². The van der Waals surface area contributed by atoms with Gasteiger partial charge in [0.1, 0.15) is 30.5 Å². The number of benzene rings is 2. The number of hydrogen-bond acceptors (Lipinski definition) is 4. The van der Waals surface area contributed by atoms with Crippen LogP contribution in [0.5, 0.6) is 0 Å². The summed E-state index contributed by atoms with van der Waals surface area (Å²) in [5.41, 5.74) is 1.79. The van der Waals surface area contributed by atoms with Crippen molar-refractivity contribution in [3.63, 3.8) is 0 Å². The molecule has 1 fully saturated rings. The lowest BCUT2D eigenvalue weighted by Gasteiger charge is -2.27. The SMILES string of the molecule is Cc1ccc(CN(Cc2ccc(F)cc2)C(=O)CN(C(=O)COCc2ccccc2)C2CC2)o1. The molecular formula is C27H29FN2O4. The molecule has 0 atom stereocenters. The average Bonchev–Trinajstić information content (AvgIpc) is 3.60. The Labute approximate surface area is 198 Å². The van der Waals surface area contributed by atoms with Gasteiger partial charge in [0.15, 0.2) is 0 Å². The van der Waals surface area contributed by atoms with E-state index in [0.29, 0.717) is 12.4 Å². The Morgan fingerprint density at radius 1 is 0.941 bits per heavy atom. The highest BCUT2D eigenvalue weighted by atomic mass is 19.1. The van der Waals surface area contributed by atoms with E-state index in [4.69, 9.17) is 9.15 Å². The zero-order valence-electron chi connectivity index (χ0n) is 19.3. The maximum absolute atomic E-state index is 13.3. The van der Waals surface area contributed by atoms with E-state index in [9.17, 15) is 14.0 Å². The Balaban J connectivity index is 1.40. The maximum Gasteiger partial charge on any atom is 0.249 e. The van der Waals surface area contributed by atoms with E-state index in [0.717, 1.165) is 29.7 Å². The van der Waals surface area contributed by atoms with Crippen molar-refractivity contribution in [2.45, 2.75) is 45.5 Å². The lowest BCUT2D eigenvalue weighted by Crippen LogP contribution is -2.44. The van der Waals surface area contributed by atoms with Crippen LogP contribution in [-0.4, -0.2) is 40.8 Å². The number of aryl methyl sites for hydroxylation is 1. The quantitative estimate of drug-likeness (QED) is 0.420. The molecule has 2 amide bonds. The summed E-state index contributed by atoms with van der Waals surface area (Å²) in [6.07, 6.45) is 1.76. The summed E-state index contributed by atoms with van der Waals surface area (Å²) in [6.45, 7) is 2.64. The number of amides is 2. The molecule has 0 bridgehead atoms. The molecule has 0 aliphatic heterocycles. The van der Waals surface area contributed by atoms with E-state index in [1.54, 1.807) is 21.9 Å². The zero-order chi connectivity index (χ0) is 23.9. The molecule has 1 saturated carbocycles. The number of nitrogens with zero attached hydrogens (tertiary/aromatic N) is 2. The number of ether oxygens (including phenoxy) is 1. The molecule has 0 spiro atoms. The summed E-state index contributed by atoms with van der Waals surface area (Å²) in [4.78, 5) is 29.5. The fraction of sp³-hybridized carbons (Fsp3) is 0.333. The first-order valence-electron chi connectivity index (χ1n) is 11.5. The Bertz CT molecular complexity index is 1090. The third-order valence-electron chi connectivity index (χ3n) is 5.73. The second-order valence-electron chi connectivity index (χ2n) is 8.62. The molecule has 1 aliphatic rings. The number of furan rings is 1.